The van der Waals surface area contributed by atoms with Crippen molar-refractivity contribution in [2.45, 2.75) is 129 Å². The van der Waals surface area contributed by atoms with Crippen molar-refractivity contribution >= 4 is 0 Å². The van der Waals surface area contributed by atoms with Gasteiger partial charge in [0.25, 0.3) is 0 Å². The summed E-state index contributed by atoms with van der Waals surface area (Å²) >= 11 is 0. The van der Waals surface area contributed by atoms with Crippen molar-refractivity contribution < 1.29 is 24.4 Å². The van der Waals surface area contributed by atoms with E-state index in [0.717, 1.165) is 62.7 Å². The average Bonchev–Trinajstić information content (AvgIpc) is 3.32. The summed E-state index contributed by atoms with van der Waals surface area (Å²) in [6.45, 7) is 10.6. The Balaban J connectivity index is 1.45. The van der Waals surface area contributed by atoms with Gasteiger partial charge in [-0.3, -0.25) is 0 Å². The van der Waals surface area contributed by atoms with Crippen molar-refractivity contribution in [2.24, 2.45) is 23.2 Å². The number of fused-ring (bicyclic) bond motifs is 1. The molecule has 7 atom stereocenters. The van der Waals surface area contributed by atoms with Gasteiger partial charge in [0, 0.05) is 5.56 Å². The van der Waals surface area contributed by atoms with E-state index >= 15 is 0 Å². The van der Waals surface area contributed by atoms with Crippen molar-refractivity contribution in [3.05, 3.63) is 29.8 Å². The lowest BCUT2D eigenvalue weighted by atomic mass is 9.60. The molecule has 4 rings (SSSR count). The Morgan fingerprint density at radius 3 is 2.47 bits per heavy atom. The number of methoxy groups -OCH3 is 1. The van der Waals surface area contributed by atoms with E-state index in [1.54, 1.807) is 7.11 Å². The van der Waals surface area contributed by atoms with Crippen LogP contribution in [0, 0.1) is 23.2 Å². The maximum atomic E-state index is 10.8. The average molecular weight is 503 g/mol. The van der Waals surface area contributed by atoms with E-state index in [1.165, 1.54) is 12.8 Å². The van der Waals surface area contributed by atoms with Gasteiger partial charge in [-0.05, 0) is 108 Å². The quantitative estimate of drug-likeness (QED) is 0.368. The number of ether oxygens (including phenoxy) is 3. The maximum Gasteiger partial charge on any atom is 0.185 e. The highest BCUT2D eigenvalue weighted by Gasteiger charge is 2.53. The van der Waals surface area contributed by atoms with Crippen molar-refractivity contribution in [3.8, 4) is 5.75 Å². The molecule has 0 radical (unpaired) electrons. The number of hydrogen-bond acceptors (Lipinski definition) is 5. The molecule has 0 spiro atoms. The second-order valence-electron chi connectivity index (χ2n) is 13.2. The maximum absolute atomic E-state index is 10.8. The highest BCUT2D eigenvalue weighted by molar-refractivity contribution is 5.28. The third-order valence-corrected chi connectivity index (χ3v) is 9.76. The summed E-state index contributed by atoms with van der Waals surface area (Å²) in [5, 5.41) is 21.1. The molecule has 2 N–H and O–H groups in total. The van der Waals surface area contributed by atoms with Gasteiger partial charge in [0.05, 0.1) is 30.5 Å². The Morgan fingerprint density at radius 2 is 1.81 bits per heavy atom. The number of benzene rings is 1. The topological polar surface area (TPSA) is 68.2 Å². The summed E-state index contributed by atoms with van der Waals surface area (Å²) in [7, 11) is 1.68. The fraction of sp³-hybridized carbons (Fsp3) is 0.806. The second-order valence-corrected chi connectivity index (χ2v) is 13.2. The first-order valence-corrected chi connectivity index (χ1v) is 14.3. The van der Waals surface area contributed by atoms with E-state index in [9.17, 15) is 10.2 Å². The highest BCUT2D eigenvalue weighted by Crippen LogP contribution is 2.59. The van der Waals surface area contributed by atoms with E-state index in [4.69, 9.17) is 14.2 Å². The summed E-state index contributed by atoms with van der Waals surface area (Å²) in [4.78, 5) is 0. The number of rotatable bonds is 10. The van der Waals surface area contributed by atoms with Gasteiger partial charge in [0.15, 0.2) is 6.29 Å². The predicted octanol–water partition coefficient (Wildman–Crippen LogP) is 6.80. The van der Waals surface area contributed by atoms with Crippen LogP contribution in [-0.2, 0) is 9.47 Å². The third kappa shape index (κ3) is 6.11. The molecule has 0 bridgehead atoms. The van der Waals surface area contributed by atoms with Crippen molar-refractivity contribution in [3.63, 3.8) is 0 Å². The first kappa shape index (κ1) is 27.9. The fourth-order valence-electron chi connectivity index (χ4n) is 7.69. The van der Waals surface area contributed by atoms with Crippen LogP contribution in [0.3, 0.4) is 0 Å². The van der Waals surface area contributed by atoms with Gasteiger partial charge in [-0.15, -0.1) is 0 Å². The van der Waals surface area contributed by atoms with Crippen LogP contribution in [-0.4, -0.2) is 40.7 Å². The molecule has 36 heavy (non-hydrogen) atoms. The van der Waals surface area contributed by atoms with Crippen LogP contribution in [0.25, 0.3) is 0 Å². The van der Waals surface area contributed by atoms with Gasteiger partial charge < -0.3 is 24.4 Å². The zero-order valence-electron chi connectivity index (χ0n) is 23.5. The standard InChI is InChI=1S/C31H50O5/c1-29(2,33)19-7-9-21(24-16-17-25-26(32)10-8-20-31(24,25)5)13-18-27-30(3,4)36-28(35-27)22-11-14-23(34-6)15-12-22/h11-12,14-15,21,24-28,32-33H,7-10,13,16-20H2,1-6H3/t21-,24?,25?,26-,27?,28?,31+/m0/s1. The molecule has 5 nitrogen and oxygen atoms in total. The molecule has 0 aromatic heterocycles. The van der Waals surface area contributed by atoms with Crippen molar-refractivity contribution in [1.82, 2.24) is 0 Å². The Bertz CT molecular complexity index is 844. The number of aliphatic hydroxyl groups excluding tert-OH is 1. The van der Waals surface area contributed by atoms with Crippen LogP contribution in [0.2, 0.25) is 0 Å². The van der Waals surface area contributed by atoms with Gasteiger partial charge in [-0.25, -0.2) is 0 Å². The monoisotopic (exact) mass is 502 g/mol. The summed E-state index contributed by atoms with van der Waals surface area (Å²) < 4.78 is 18.2. The molecule has 4 unspecified atom stereocenters. The molecule has 5 heteroatoms. The number of hydrogen-bond donors (Lipinski definition) is 2. The van der Waals surface area contributed by atoms with E-state index in [1.807, 2.05) is 38.1 Å². The lowest BCUT2D eigenvalue weighted by molar-refractivity contribution is -0.0842. The molecule has 2 aliphatic carbocycles. The van der Waals surface area contributed by atoms with Gasteiger partial charge in [-0.1, -0.05) is 38.3 Å². The Kier molecular flexibility index (Phi) is 8.46. The third-order valence-electron chi connectivity index (χ3n) is 9.76. The molecule has 3 fully saturated rings. The summed E-state index contributed by atoms with van der Waals surface area (Å²) in [6.07, 6.45) is 10.3. The molecule has 1 aromatic rings. The Hall–Kier alpha value is -1.14. The normalized spacial score (nSPS) is 34.9. The molecule has 1 heterocycles. The molecule has 1 aliphatic heterocycles. The Labute approximate surface area is 218 Å². The molecule has 204 valence electrons. The first-order valence-electron chi connectivity index (χ1n) is 14.3. The molecule has 3 aliphatic rings. The molecular formula is C31H50O5. The fourth-order valence-corrected chi connectivity index (χ4v) is 7.69. The summed E-state index contributed by atoms with van der Waals surface area (Å²) in [6, 6.07) is 7.96. The van der Waals surface area contributed by atoms with Crippen LogP contribution in [0.1, 0.15) is 111 Å². The molecule has 1 aromatic carbocycles. The lowest BCUT2D eigenvalue weighted by Gasteiger charge is -2.46. The Morgan fingerprint density at radius 1 is 1.08 bits per heavy atom. The van der Waals surface area contributed by atoms with Gasteiger partial charge in [0.1, 0.15) is 5.75 Å². The number of aliphatic hydroxyl groups is 2. The van der Waals surface area contributed by atoms with E-state index in [2.05, 4.69) is 20.8 Å². The minimum Gasteiger partial charge on any atom is -0.497 e. The minimum atomic E-state index is -0.621. The van der Waals surface area contributed by atoms with Gasteiger partial charge in [0.2, 0.25) is 0 Å². The predicted molar refractivity (Wildman–Crippen MR) is 143 cm³/mol. The second kappa shape index (κ2) is 10.9. The zero-order chi connectivity index (χ0) is 26.1. The van der Waals surface area contributed by atoms with E-state index in [-0.39, 0.29) is 29.5 Å². The van der Waals surface area contributed by atoms with Crippen LogP contribution in [0.5, 0.6) is 5.75 Å². The highest BCUT2D eigenvalue weighted by atomic mass is 16.7. The SMILES string of the molecule is COc1ccc(C2OC(CC[C@H](CCCC(C)(C)O)C3CCC4[C@@H](O)CCC[C@]34C)C(C)(C)O2)cc1. The smallest absolute Gasteiger partial charge is 0.185 e. The van der Waals surface area contributed by atoms with E-state index < -0.39 is 5.60 Å². The first-order chi connectivity index (χ1) is 16.9. The van der Waals surface area contributed by atoms with Crippen LogP contribution < -0.4 is 4.74 Å². The lowest BCUT2D eigenvalue weighted by Crippen LogP contribution is -2.42. The summed E-state index contributed by atoms with van der Waals surface area (Å²) in [5.74, 6) is 2.47. The zero-order valence-corrected chi connectivity index (χ0v) is 23.5. The van der Waals surface area contributed by atoms with Gasteiger partial charge >= 0.3 is 0 Å². The van der Waals surface area contributed by atoms with E-state index in [0.29, 0.717) is 17.8 Å². The molecule has 1 saturated heterocycles. The van der Waals surface area contributed by atoms with Gasteiger partial charge in [-0.2, -0.15) is 0 Å². The van der Waals surface area contributed by atoms with Crippen LogP contribution in [0.4, 0.5) is 0 Å². The van der Waals surface area contributed by atoms with Crippen molar-refractivity contribution in [2.75, 3.05) is 7.11 Å². The largest absolute Gasteiger partial charge is 0.497 e. The molecular weight excluding hydrogens is 452 g/mol. The van der Waals surface area contributed by atoms with Crippen molar-refractivity contribution in [1.29, 1.82) is 0 Å². The molecule has 2 saturated carbocycles. The van der Waals surface area contributed by atoms with Crippen LogP contribution in [0.15, 0.2) is 24.3 Å². The summed E-state index contributed by atoms with van der Waals surface area (Å²) in [5.41, 5.74) is 0.274. The molecule has 0 amide bonds. The van der Waals surface area contributed by atoms with Crippen LogP contribution >= 0.6 is 0 Å². The minimum absolute atomic E-state index is 0.0309.